The Bertz CT molecular complexity index is 973. The predicted octanol–water partition coefficient (Wildman–Crippen LogP) is 0.787. The molecule has 1 aliphatic heterocycles. The number of hydrogen-bond acceptors (Lipinski definition) is 7. The van der Waals surface area contributed by atoms with Gasteiger partial charge in [0, 0.05) is 5.56 Å². The number of alkyl halides is 3. The van der Waals surface area contributed by atoms with Crippen molar-refractivity contribution in [1.29, 1.82) is 5.26 Å². The topological polar surface area (TPSA) is 134 Å². The lowest BCUT2D eigenvalue weighted by atomic mass is 9.86. The Morgan fingerprint density at radius 1 is 1.03 bits per heavy atom. The molecule has 2 aromatic rings. The first-order valence-electron chi connectivity index (χ1n) is 9.26. The molecule has 0 unspecified atom stereocenters. The van der Waals surface area contributed by atoms with Gasteiger partial charge in [0.2, 0.25) is 5.79 Å². The van der Waals surface area contributed by atoms with E-state index < -0.39 is 48.5 Å². The van der Waals surface area contributed by atoms with Crippen LogP contribution in [0.1, 0.15) is 27.8 Å². The predicted molar refractivity (Wildman–Crippen MR) is 99.3 cm³/mol. The molecule has 3 rings (SSSR count). The molecular formula is C21H20F3NO6. The fourth-order valence-corrected chi connectivity index (χ4v) is 3.50. The molecule has 166 valence electrons. The fraction of sp³-hybridized carbons (Fsp3) is 0.381. The van der Waals surface area contributed by atoms with Crippen LogP contribution in [0.25, 0.3) is 0 Å². The molecule has 1 heterocycles. The van der Waals surface area contributed by atoms with Crippen molar-refractivity contribution in [2.75, 3.05) is 6.61 Å². The first kappa shape index (κ1) is 23.1. The molecule has 1 fully saturated rings. The Balaban J connectivity index is 1.96. The second-order valence-electron chi connectivity index (χ2n) is 7.32. The smallest absolute Gasteiger partial charge is 0.394 e. The van der Waals surface area contributed by atoms with Gasteiger partial charge in [0.25, 0.3) is 0 Å². The zero-order valence-corrected chi connectivity index (χ0v) is 16.0. The number of aliphatic hydroxyl groups is 5. The molecule has 0 spiro atoms. The van der Waals surface area contributed by atoms with Crippen LogP contribution in [0.4, 0.5) is 13.2 Å². The van der Waals surface area contributed by atoms with Gasteiger partial charge in [0.15, 0.2) is 0 Å². The number of aliphatic hydroxyl groups excluding tert-OH is 4. The molecule has 0 bridgehead atoms. The summed E-state index contributed by atoms with van der Waals surface area (Å²) in [5.74, 6) is -2.51. The lowest BCUT2D eigenvalue weighted by molar-refractivity contribution is -0.357. The summed E-state index contributed by atoms with van der Waals surface area (Å²) in [5, 5.41) is 59.9. The highest BCUT2D eigenvalue weighted by molar-refractivity contribution is 5.44. The minimum atomic E-state index is -4.48. The minimum Gasteiger partial charge on any atom is -0.394 e. The van der Waals surface area contributed by atoms with Gasteiger partial charge in [-0.05, 0) is 41.8 Å². The summed E-state index contributed by atoms with van der Waals surface area (Å²) in [6, 6.07) is 10.2. The lowest BCUT2D eigenvalue weighted by Crippen LogP contribution is -2.63. The van der Waals surface area contributed by atoms with Gasteiger partial charge in [0.1, 0.15) is 24.4 Å². The average Bonchev–Trinajstić information content (AvgIpc) is 2.74. The normalized spacial score (nSPS) is 28.9. The van der Waals surface area contributed by atoms with Crippen molar-refractivity contribution in [3.05, 3.63) is 70.3 Å². The average molecular weight is 439 g/mol. The van der Waals surface area contributed by atoms with Crippen molar-refractivity contribution in [1.82, 2.24) is 0 Å². The van der Waals surface area contributed by atoms with Crippen molar-refractivity contribution in [2.45, 2.75) is 42.8 Å². The van der Waals surface area contributed by atoms with E-state index in [1.165, 1.54) is 30.3 Å². The van der Waals surface area contributed by atoms with Gasteiger partial charge in [-0.1, -0.05) is 18.2 Å². The number of nitrogens with zero attached hydrogens (tertiary/aromatic N) is 1. The maximum absolute atomic E-state index is 12.8. The monoisotopic (exact) mass is 439 g/mol. The van der Waals surface area contributed by atoms with Crippen LogP contribution in [-0.2, 0) is 23.1 Å². The second-order valence-corrected chi connectivity index (χ2v) is 7.32. The molecule has 5 atom stereocenters. The van der Waals surface area contributed by atoms with E-state index in [2.05, 4.69) is 0 Å². The molecule has 10 heteroatoms. The molecule has 0 radical (unpaired) electrons. The standard InChI is InChI=1S/C21H20F3NO6/c22-21(23,24)14-4-1-11(2-5-14)7-13-8-15(6-3-12(13)9-25)20(30)19(29)18(28)17(27)16(10-26)31-20/h1-6,8,16-19,26-30H,7,10H2/t16-,17-,18+,19-,20+/m1/s1. The molecule has 7 nitrogen and oxygen atoms in total. The summed E-state index contributed by atoms with van der Waals surface area (Å²) in [6.45, 7) is -0.748. The third kappa shape index (κ3) is 4.43. The number of benzene rings is 2. The summed E-state index contributed by atoms with van der Waals surface area (Å²) in [5.41, 5.74) is 0.0795. The maximum atomic E-state index is 12.8. The van der Waals surface area contributed by atoms with Crippen LogP contribution >= 0.6 is 0 Å². The van der Waals surface area contributed by atoms with E-state index in [1.54, 1.807) is 0 Å². The van der Waals surface area contributed by atoms with Crippen molar-refractivity contribution < 1.29 is 43.4 Å². The van der Waals surface area contributed by atoms with E-state index in [4.69, 9.17) is 4.74 Å². The Hall–Kier alpha value is -2.52. The number of halogens is 3. The highest BCUT2D eigenvalue weighted by atomic mass is 19.4. The third-order valence-electron chi connectivity index (χ3n) is 5.28. The molecule has 0 saturated carbocycles. The summed E-state index contributed by atoms with van der Waals surface area (Å²) in [4.78, 5) is 0. The van der Waals surface area contributed by atoms with E-state index >= 15 is 0 Å². The number of hydrogen-bond donors (Lipinski definition) is 5. The third-order valence-corrected chi connectivity index (χ3v) is 5.28. The van der Waals surface area contributed by atoms with E-state index in [0.717, 1.165) is 12.1 Å². The maximum Gasteiger partial charge on any atom is 0.416 e. The highest BCUT2D eigenvalue weighted by Crippen LogP contribution is 2.37. The summed E-state index contributed by atoms with van der Waals surface area (Å²) in [6.07, 6.45) is -11.3. The van der Waals surface area contributed by atoms with E-state index in [9.17, 15) is 44.0 Å². The van der Waals surface area contributed by atoms with Crippen molar-refractivity contribution in [3.8, 4) is 6.07 Å². The second kappa shape index (κ2) is 8.55. The van der Waals surface area contributed by atoms with Gasteiger partial charge >= 0.3 is 6.18 Å². The molecule has 0 aromatic heterocycles. The molecular weight excluding hydrogens is 419 g/mol. The zero-order chi connectivity index (χ0) is 23.0. The van der Waals surface area contributed by atoms with Gasteiger partial charge in [-0.2, -0.15) is 18.4 Å². The molecule has 0 aliphatic carbocycles. The fourth-order valence-electron chi connectivity index (χ4n) is 3.50. The summed E-state index contributed by atoms with van der Waals surface area (Å²) >= 11 is 0. The number of nitriles is 1. The zero-order valence-electron chi connectivity index (χ0n) is 16.0. The van der Waals surface area contributed by atoms with Crippen molar-refractivity contribution >= 4 is 0 Å². The molecule has 1 aliphatic rings. The SMILES string of the molecule is N#Cc1ccc([C@]2(O)O[C@H](CO)[C@@H](O)[C@H](O)[C@H]2O)cc1Cc1ccc(C(F)(F)F)cc1. The van der Waals surface area contributed by atoms with Crippen LogP contribution in [0.3, 0.4) is 0 Å². The lowest BCUT2D eigenvalue weighted by Gasteiger charge is -2.45. The van der Waals surface area contributed by atoms with Crippen LogP contribution < -0.4 is 0 Å². The summed E-state index contributed by atoms with van der Waals surface area (Å²) in [7, 11) is 0. The summed E-state index contributed by atoms with van der Waals surface area (Å²) < 4.78 is 43.5. The van der Waals surface area contributed by atoms with E-state index in [0.29, 0.717) is 11.1 Å². The first-order chi connectivity index (χ1) is 14.5. The van der Waals surface area contributed by atoms with Gasteiger partial charge in [0.05, 0.1) is 23.8 Å². The van der Waals surface area contributed by atoms with Gasteiger partial charge < -0.3 is 30.3 Å². The van der Waals surface area contributed by atoms with Crippen LogP contribution in [0.15, 0.2) is 42.5 Å². The van der Waals surface area contributed by atoms with Crippen LogP contribution in [0, 0.1) is 11.3 Å². The van der Waals surface area contributed by atoms with Gasteiger partial charge in [-0.15, -0.1) is 0 Å². The van der Waals surface area contributed by atoms with Gasteiger partial charge in [-0.3, -0.25) is 0 Å². The Morgan fingerprint density at radius 2 is 1.68 bits per heavy atom. The van der Waals surface area contributed by atoms with E-state index in [-0.39, 0.29) is 17.5 Å². The largest absolute Gasteiger partial charge is 0.416 e. The molecule has 0 amide bonds. The van der Waals surface area contributed by atoms with Crippen molar-refractivity contribution in [3.63, 3.8) is 0 Å². The van der Waals surface area contributed by atoms with Crippen LogP contribution in [0.5, 0.6) is 0 Å². The molecule has 31 heavy (non-hydrogen) atoms. The molecule has 5 N–H and O–H groups in total. The van der Waals surface area contributed by atoms with Gasteiger partial charge in [-0.25, -0.2) is 0 Å². The number of ether oxygens (including phenoxy) is 1. The Kier molecular flexibility index (Phi) is 6.38. The number of rotatable bonds is 4. The molecule has 2 aromatic carbocycles. The first-order valence-corrected chi connectivity index (χ1v) is 9.26. The highest BCUT2D eigenvalue weighted by Gasteiger charge is 2.53. The van der Waals surface area contributed by atoms with Crippen LogP contribution in [-0.4, -0.2) is 56.6 Å². The molecule has 1 saturated heterocycles. The van der Waals surface area contributed by atoms with E-state index in [1.807, 2.05) is 6.07 Å². The van der Waals surface area contributed by atoms with Crippen LogP contribution in [0.2, 0.25) is 0 Å². The Morgan fingerprint density at radius 3 is 2.23 bits per heavy atom. The van der Waals surface area contributed by atoms with Crippen molar-refractivity contribution in [2.24, 2.45) is 0 Å². The minimum absolute atomic E-state index is 0.0374. The quantitative estimate of drug-likeness (QED) is 0.476. The Labute approximate surface area is 175 Å².